The lowest BCUT2D eigenvalue weighted by atomic mass is 10.2. The zero-order valence-electron chi connectivity index (χ0n) is 13.8. The highest BCUT2D eigenvalue weighted by atomic mass is 16.5. The van der Waals surface area contributed by atoms with Gasteiger partial charge in [0, 0.05) is 24.0 Å². The van der Waals surface area contributed by atoms with Crippen LogP contribution in [-0.4, -0.2) is 32.1 Å². The average molecular weight is 328 g/mol. The summed E-state index contributed by atoms with van der Waals surface area (Å²) in [5.41, 5.74) is 1.76. The van der Waals surface area contributed by atoms with Crippen LogP contribution in [0.3, 0.4) is 0 Å². The predicted octanol–water partition coefficient (Wildman–Crippen LogP) is 2.92. The van der Waals surface area contributed by atoms with Crippen LogP contribution in [0.4, 0.5) is 11.4 Å². The van der Waals surface area contributed by atoms with Crippen LogP contribution in [0.2, 0.25) is 0 Å². The Hall–Kier alpha value is -2.86. The van der Waals surface area contributed by atoms with Gasteiger partial charge in [-0.1, -0.05) is 0 Å². The van der Waals surface area contributed by atoms with Crippen LogP contribution in [0.15, 0.2) is 48.5 Å². The lowest BCUT2D eigenvalue weighted by Gasteiger charge is -2.11. The van der Waals surface area contributed by atoms with Crippen LogP contribution < -0.4 is 15.4 Å². The number of benzene rings is 2. The maximum Gasteiger partial charge on any atom is 0.255 e. The van der Waals surface area contributed by atoms with E-state index in [1.165, 1.54) is 7.11 Å². The molecule has 0 spiro atoms. The summed E-state index contributed by atoms with van der Waals surface area (Å²) in [6, 6.07) is 13.7. The maximum absolute atomic E-state index is 12.2. The molecule has 0 saturated heterocycles. The van der Waals surface area contributed by atoms with Gasteiger partial charge in [0.05, 0.1) is 7.11 Å². The van der Waals surface area contributed by atoms with Gasteiger partial charge in [-0.05, 0) is 55.5 Å². The molecule has 6 heteroatoms. The molecule has 0 aliphatic rings. The highest BCUT2D eigenvalue weighted by Gasteiger charge is 2.12. The molecule has 2 rings (SSSR count). The van der Waals surface area contributed by atoms with E-state index in [0.29, 0.717) is 16.9 Å². The van der Waals surface area contributed by atoms with E-state index >= 15 is 0 Å². The Bertz CT molecular complexity index is 696. The molecule has 2 aromatic carbocycles. The van der Waals surface area contributed by atoms with Gasteiger partial charge in [-0.2, -0.15) is 0 Å². The molecule has 1 atom stereocenters. The summed E-state index contributed by atoms with van der Waals surface area (Å²) < 4.78 is 10.0. The number of carbonyl (C=O) groups is 2. The summed E-state index contributed by atoms with van der Waals surface area (Å²) in [5, 5.41) is 5.51. The topological polar surface area (TPSA) is 76.7 Å². The zero-order valence-corrected chi connectivity index (χ0v) is 13.8. The third-order valence-corrected chi connectivity index (χ3v) is 3.49. The zero-order chi connectivity index (χ0) is 17.5. The summed E-state index contributed by atoms with van der Waals surface area (Å²) in [5.74, 6) is 0.245. The number of nitrogens with one attached hydrogen (secondary N) is 2. The molecule has 0 aliphatic carbocycles. The van der Waals surface area contributed by atoms with Crippen molar-refractivity contribution in [2.24, 2.45) is 0 Å². The quantitative estimate of drug-likeness (QED) is 0.855. The molecular weight excluding hydrogens is 308 g/mol. The van der Waals surface area contributed by atoms with Gasteiger partial charge < -0.3 is 20.1 Å². The maximum atomic E-state index is 12.2. The Kier molecular flexibility index (Phi) is 5.92. The van der Waals surface area contributed by atoms with Gasteiger partial charge >= 0.3 is 0 Å². The number of carbonyl (C=O) groups excluding carboxylic acids is 2. The fraction of sp³-hybridized carbons (Fsp3) is 0.222. The van der Waals surface area contributed by atoms with E-state index in [1.54, 1.807) is 62.6 Å². The van der Waals surface area contributed by atoms with Crippen molar-refractivity contribution < 1.29 is 19.1 Å². The molecule has 0 radical (unpaired) electrons. The molecule has 0 heterocycles. The largest absolute Gasteiger partial charge is 0.497 e. The van der Waals surface area contributed by atoms with Crippen LogP contribution in [-0.2, 0) is 9.53 Å². The summed E-state index contributed by atoms with van der Waals surface area (Å²) in [6.45, 7) is 1.66. The lowest BCUT2D eigenvalue weighted by molar-refractivity contribution is -0.124. The number of anilines is 2. The smallest absolute Gasteiger partial charge is 0.255 e. The second-order valence-electron chi connectivity index (χ2n) is 5.13. The van der Waals surface area contributed by atoms with Crippen molar-refractivity contribution in [1.82, 2.24) is 0 Å². The van der Waals surface area contributed by atoms with E-state index in [2.05, 4.69) is 10.6 Å². The molecule has 126 valence electrons. The van der Waals surface area contributed by atoms with Crippen molar-refractivity contribution in [3.63, 3.8) is 0 Å². The summed E-state index contributed by atoms with van der Waals surface area (Å²) in [7, 11) is 3.05. The predicted molar refractivity (Wildman–Crippen MR) is 92.5 cm³/mol. The minimum Gasteiger partial charge on any atom is -0.497 e. The first-order valence-electron chi connectivity index (χ1n) is 7.42. The van der Waals surface area contributed by atoms with E-state index in [0.717, 1.165) is 5.75 Å². The van der Waals surface area contributed by atoms with Gasteiger partial charge in [0.15, 0.2) is 0 Å². The number of amides is 2. The third-order valence-electron chi connectivity index (χ3n) is 3.49. The summed E-state index contributed by atoms with van der Waals surface area (Å²) in [6.07, 6.45) is -0.539. The van der Waals surface area contributed by atoms with Gasteiger partial charge in [0.25, 0.3) is 11.8 Å². The molecular formula is C18H20N2O4. The van der Waals surface area contributed by atoms with Crippen molar-refractivity contribution in [1.29, 1.82) is 0 Å². The molecule has 6 nitrogen and oxygen atoms in total. The van der Waals surface area contributed by atoms with E-state index in [4.69, 9.17) is 9.47 Å². The number of ether oxygens (including phenoxy) is 2. The average Bonchev–Trinajstić information content (AvgIpc) is 2.62. The van der Waals surface area contributed by atoms with Gasteiger partial charge in [-0.3, -0.25) is 9.59 Å². The first-order chi connectivity index (χ1) is 11.5. The van der Waals surface area contributed by atoms with Gasteiger partial charge in [0.2, 0.25) is 0 Å². The molecule has 0 bridgehead atoms. The highest BCUT2D eigenvalue weighted by Crippen LogP contribution is 2.17. The second kappa shape index (κ2) is 8.12. The number of hydrogen-bond acceptors (Lipinski definition) is 4. The molecule has 2 aromatic rings. The molecule has 0 aromatic heterocycles. The molecule has 0 aliphatic heterocycles. The van der Waals surface area contributed by atoms with Crippen molar-refractivity contribution in [2.45, 2.75) is 13.0 Å². The van der Waals surface area contributed by atoms with Crippen molar-refractivity contribution in [3.05, 3.63) is 54.1 Å². The van der Waals surface area contributed by atoms with Gasteiger partial charge in [-0.25, -0.2) is 0 Å². The van der Waals surface area contributed by atoms with Crippen molar-refractivity contribution in [2.75, 3.05) is 24.9 Å². The van der Waals surface area contributed by atoms with Crippen LogP contribution >= 0.6 is 0 Å². The van der Waals surface area contributed by atoms with E-state index in [-0.39, 0.29) is 11.8 Å². The molecule has 0 unspecified atom stereocenters. The summed E-state index contributed by atoms with van der Waals surface area (Å²) in [4.78, 5) is 23.9. The second-order valence-corrected chi connectivity index (χ2v) is 5.13. The number of hydrogen-bond donors (Lipinski definition) is 2. The van der Waals surface area contributed by atoms with Gasteiger partial charge in [0.1, 0.15) is 11.9 Å². The van der Waals surface area contributed by atoms with Crippen molar-refractivity contribution in [3.8, 4) is 5.75 Å². The first-order valence-corrected chi connectivity index (χ1v) is 7.42. The Labute approximate surface area is 140 Å². The fourth-order valence-electron chi connectivity index (χ4n) is 1.93. The summed E-state index contributed by atoms with van der Waals surface area (Å²) >= 11 is 0. The highest BCUT2D eigenvalue weighted by molar-refractivity contribution is 6.04. The Morgan fingerprint density at radius 2 is 1.42 bits per heavy atom. The minimum atomic E-state index is -0.539. The standard InChI is InChI=1S/C18H20N2O4/c1-12(23-2)17(21)19-14-6-4-13(5-7-14)18(22)20-15-8-10-16(24-3)11-9-15/h4-12H,1-3H3,(H,19,21)(H,20,22)/t12-/m0/s1. The fourth-order valence-corrected chi connectivity index (χ4v) is 1.93. The molecule has 2 N–H and O–H groups in total. The Morgan fingerprint density at radius 3 is 1.96 bits per heavy atom. The Morgan fingerprint density at radius 1 is 0.875 bits per heavy atom. The lowest BCUT2D eigenvalue weighted by Crippen LogP contribution is -2.26. The van der Waals surface area contributed by atoms with E-state index in [9.17, 15) is 9.59 Å². The monoisotopic (exact) mass is 328 g/mol. The molecule has 0 fully saturated rings. The van der Waals surface area contributed by atoms with Gasteiger partial charge in [-0.15, -0.1) is 0 Å². The minimum absolute atomic E-state index is 0.233. The number of rotatable bonds is 6. The number of methoxy groups -OCH3 is 2. The Balaban J connectivity index is 1.98. The molecule has 0 saturated carbocycles. The van der Waals surface area contributed by atoms with Crippen LogP contribution in [0.5, 0.6) is 5.75 Å². The van der Waals surface area contributed by atoms with E-state index in [1.807, 2.05) is 0 Å². The van der Waals surface area contributed by atoms with E-state index < -0.39 is 6.10 Å². The van der Waals surface area contributed by atoms with Crippen LogP contribution in [0.25, 0.3) is 0 Å². The molecule has 24 heavy (non-hydrogen) atoms. The molecule has 2 amide bonds. The van der Waals surface area contributed by atoms with Crippen LogP contribution in [0.1, 0.15) is 17.3 Å². The van der Waals surface area contributed by atoms with Crippen molar-refractivity contribution >= 4 is 23.2 Å². The normalized spacial score (nSPS) is 11.5. The third kappa shape index (κ3) is 4.57. The first kappa shape index (κ1) is 17.5. The SMILES string of the molecule is COc1ccc(NC(=O)c2ccc(NC(=O)[C@H](C)OC)cc2)cc1. The van der Waals surface area contributed by atoms with Crippen LogP contribution in [0, 0.1) is 0 Å².